The standard InChI is InChI=1S/C12H12ClN5/c1-17-6-5-15-10(17)7-18-11-8(13)3-2-4-9(11)16-12(18)14/h2-6H,7H2,1H3,(H2,14,16). The van der Waals surface area contributed by atoms with Crippen LogP contribution in [0.4, 0.5) is 5.95 Å². The number of hydrogen-bond acceptors (Lipinski definition) is 3. The largest absolute Gasteiger partial charge is 0.369 e. The maximum atomic E-state index is 6.21. The molecule has 2 N–H and O–H groups in total. The number of aromatic nitrogens is 4. The van der Waals surface area contributed by atoms with Gasteiger partial charge in [0, 0.05) is 19.4 Å². The van der Waals surface area contributed by atoms with Crippen molar-refractivity contribution in [1.82, 2.24) is 19.1 Å². The molecular weight excluding hydrogens is 250 g/mol. The third kappa shape index (κ3) is 1.64. The second-order valence-electron chi connectivity index (χ2n) is 4.12. The highest BCUT2D eigenvalue weighted by atomic mass is 35.5. The fourth-order valence-corrected chi connectivity index (χ4v) is 2.28. The molecule has 0 fully saturated rings. The Morgan fingerprint density at radius 1 is 1.39 bits per heavy atom. The van der Waals surface area contributed by atoms with E-state index in [1.165, 1.54) is 0 Å². The lowest BCUT2D eigenvalue weighted by Gasteiger charge is -2.07. The summed E-state index contributed by atoms with van der Waals surface area (Å²) in [7, 11) is 1.94. The van der Waals surface area contributed by atoms with E-state index in [9.17, 15) is 0 Å². The van der Waals surface area contributed by atoms with Crippen LogP contribution in [0.25, 0.3) is 11.0 Å². The highest BCUT2D eigenvalue weighted by molar-refractivity contribution is 6.35. The van der Waals surface area contributed by atoms with Crippen molar-refractivity contribution in [2.75, 3.05) is 5.73 Å². The minimum Gasteiger partial charge on any atom is -0.369 e. The van der Waals surface area contributed by atoms with Gasteiger partial charge >= 0.3 is 0 Å². The zero-order valence-electron chi connectivity index (χ0n) is 9.84. The number of nitrogens with two attached hydrogens (primary N) is 1. The van der Waals surface area contributed by atoms with Crippen LogP contribution < -0.4 is 5.73 Å². The molecule has 92 valence electrons. The number of benzene rings is 1. The molecule has 3 aromatic rings. The van der Waals surface area contributed by atoms with Crippen LogP contribution in [-0.4, -0.2) is 19.1 Å². The number of aryl methyl sites for hydroxylation is 1. The summed E-state index contributed by atoms with van der Waals surface area (Å²) in [5, 5.41) is 0.644. The third-order valence-corrected chi connectivity index (χ3v) is 3.27. The first-order chi connectivity index (χ1) is 8.66. The van der Waals surface area contributed by atoms with E-state index in [1.54, 1.807) is 6.20 Å². The van der Waals surface area contributed by atoms with Gasteiger partial charge in [-0.1, -0.05) is 17.7 Å². The van der Waals surface area contributed by atoms with E-state index in [4.69, 9.17) is 17.3 Å². The van der Waals surface area contributed by atoms with Gasteiger partial charge in [-0.2, -0.15) is 0 Å². The number of para-hydroxylation sites is 1. The summed E-state index contributed by atoms with van der Waals surface area (Å²) in [6.45, 7) is 0.551. The predicted octanol–water partition coefficient (Wildman–Crippen LogP) is 2.05. The number of fused-ring (bicyclic) bond motifs is 1. The second-order valence-corrected chi connectivity index (χ2v) is 4.53. The Morgan fingerprint density at radius 3 is 2.94 bits per heavy atom. The summed E-state index contributed by atoms with van der Waals surface area (Å²) in [4.78, 5) is 8.59. The van der Waals surface area contributed by atoms with Crippen molar-refractivity contribution in [3.05, 3.63) is 41.4 Å². The van der Waals surface area contributed by atoms with E-state index >= 15 is 0 Å². The Kier molecular flexibility index (Phi) is 2.48. The van der Waals surface area contributed by atoms with Crippen LogP contribution in [0.1, 0.15) is 5.82 Å². The zero-order chi connectivity index (χ0) is 12.7. The topological polar surface area (TPSA) is 61.7 Å². The number of hydrogen-bond donors (Lipinski definition) is 1. The summed E-state index contributed by atoms with van der Waals surface area (Å²) in [6.07, 6.45) is 3.65. The highest BCUT2D eigenvalue weighted by Crippen LogP contribution is 2.26. The molecule has 0 saturated heterocycles. The monoisotopic (exact) mass is 261 g/mol. The van der Waals surface area contributed by atoms with Crippen molar-refractivity contribution in [3.63, 3.8) is 0 Å². The number of nitrogens with zero attached hydrogens (tertiary/aromatic N) is 4. The lowest BCUT2D eigenvalue weighted by Crippen LogP contribution is -2.08. The normalized spacial score (nSPS) is 11.2. The lowest BCUT2D eigenvalue weighted by molar-refractivity contribution is 0.720. The zero-order valence-corrected chi connectivity index (χ0v) is 10.6. The molecule has 0 saturated carbocycles. The lowest BCUT2D eigenvalue weighted by atomic mass is 10.3. The number of imidazole rings is 2. The molecule has 0 radical (unpaired) electrons. The van der Waals surface area contributed by atoms with Gasteiger partial charge in [0.1, 0.15) is 5.82 Å². The predicted molar refractivity (Wildman–Crippen MR) is 71.5 cm³/mol. The third-order valence-electron chi connectivity index (χ3n) is 2.97. The van der Waals surface area contributed by atoms with Gasteiger partial charge in [-0.05, 0) is 12.1 Å². The molecule has 0 aliphatic rings. The van der Waals surface area contributed by atoms with Crippen molar-refractivity contribution < 1.29 is 0 Å². The summed E-state index contributed by atoms with van der Waals surface area (Å²) >= 11 is 6.21. The molecule has 0 spiro atoms. The molecule has 0 unspecified atom stereocenters. The number of anilines is 1. The van der Waals surface area contributed by atoms with Crippen LogP contribution >= 0.6 is 11.6 Å². The molecule has 18 heavy (non-hydrogen) atoms. The number of halogens is 1. The van der Waals surface area contributed by atoms with E-state index in [2.05, 4.69) is 9.97 Å². The second kappa shape index (κ2) is 4.03. The number of rotatable bonds is 2. The Morgan fingerprint density at radius 2 is 2.22 bits per heavy atom. The fourth-order valence-electron chi connectivity index (χ4n) is 2.01. The highest BCUT2D eigenvalue weighted by Gasteiger charge is 2.12. The van der Waals surface area contributed by atoms with Crippen molar-refractivity contribution in [3.8, 4) is 0 Å². The average Bonchev–Trinajstić information content (AvgIpc) is 2.86. The molecular formula is C12H12ClN5. The maximum absolute atomic E-state index is 6.21. The van der Waals surface area contributed by atoms with Crippen LogP contribution in [0.15, 0.2) is 30.6 Å². The van der Waals surface area contributed by atoms with Gasteiger partial charge in [-0.3, -0.25) is 0 Å². The number of nitrogen functional groups attached to an aromatic ring is 1. The summed E-state index contributed by atoms with van der Waals surface area (Å²) in [5.41, 5.74) is 7.59. The SMILES string of the molecule is Cn1ccnc1Cn1c(N)nc2cccc(Cl)c21. The minimum atomic E-state index is 0.445. The molecule has 2 heterocycles. The Hall–Kier alpha value is -2.01. The molecule has 0 atom stereocenters. The molecule has 0 bridgehead atoms. The average molecular weight is 262 g/mol. The molecule has 5 nitrogen and oxygen atoms in total. The van der Waals surface area contributed by atoms with Crippen molar-refractivity contribution in [1.29, 1.82) is 0 Å². The van der Waals surface area contributed by atoms with Crippen LogP contribution in [-0.2, 0) is 13.6 Å². The fraction of sp³-hybridized carbons (Fsp3) is 0.167. The van der Waals surface area contributed by atoms with E-state index < -0.39 is 0 Å². The van der Waals surface area contributed by atoms with E-state index in [-0.39, 0.29) is 0 Å². The smallest absolute Gasteiger partial charge is 0.201 e. The van der Waals surface area contributed by atoms with Crippen LogP contribution in [0.5, 0.6) is 0 Å². The summed E-state index contributed by atoms with van der Waals surface area (Å²) in [5.74, 6) is 1.35. The van der Waals surface area contributed by atoms with Crippen LogP contribution in [0.2, 0.25) is 5.02 Å². The molecule has 3 rings (SSSR count). The van der Waals surface area contributed by atoms with Crippen molar-refractivity contribution >= 4 is 28.6 Å². The molecule has 1 aromatic carbocycles. The van der Waals surface area contributed by atoms with Crippen LogP contribution in [0.3, 0.4) is 0 Å². The summed E-state index contributed by atoms with van der Waals surface area (Å²) in [6, 6.07) is 5.59. The Bertz CT molecular complexity index is 712. The summed E-state index contributed by atoms with van der Waals surface area (Å²) < 4.78 is 3.82. The Balaban J connectivity index is 2.17. The van der Waals surface area contributed by atoms with Gasteiger partial charge in [0.15, 0.2) is 0 Å². The van der Waals surface area contributed by atoms with Crippen molar-refractivity contribution in [2.24, 2.45) is 7.05 Å². The minimum absolute atomic E-state index is 0.445. The molecule has 0 amide bonds. The molecule has 2 aromatic heterocycles. The van der Waals surface area contributed by atoms with E-state index in [1.807, 2.05) is 40.6 Å². The van der Waals surface area contributed by atoms with Gasteiger partial charge in [0.2, 0.25) is 5.95 Å². The van der Waals surface area contributed by atoms with E-state index in [0.29, 0.717) is 17.5 Å². The van der Waals surface area contributed by atoms with E-state index in [0.717, 1.165) is 16.9 Å². The van der Waals surface area contributed by atoms with Gasteiger partial charge < -0.3 is 14.9 Å². The van der Waals surface area contributed by atoms with Gasteiger partial charge in [0.05, 0.1) is 22.6 Å². The molecule has 0 aliphatic carbocycles. The van der Waals surface area contributed by atoms with Gasteiger partial charge in [-0.15, -0.1) is 0 Å². The Labute approximate surface area is 109 Å². The van der Waals surface area contributed by atoms with Gasteiger partial charge in [0.25, 0.3) is 0 Å². The van der Waals surface area contributed by atoms with Crippen molar-refractivity contribution in [2.45, 2.75) is 6.54 Å². The maximum Gasteiger partial charge on any atom is 0.201 e. The first kappa shape index (κ1) is 11.1. The molecule has 6 heteroatoms. The van der Waals surface area contributed by atoms with Gasteiger partial charge in [-0.25, -0.2) is 9.97 Å². The first-order valence-corrected chi connectivity index (χ1v) is 5.91. The molecule has 0 aliphatic heterocycles. The quantitative estimate of drug-likeness (QED) is 0.768. The first-order valence-electron chi connectivity index (χ1n) is 5.53. The van der Waals surface area contributed by atoms with Crippen LogP contribution in [0, 0.1) is 0 Å².